The van der Waals surface area contributed by atoms with Crippen molar-refractivity contribution < 1.29 is 0 Å². The van der Waals surface area contributed by atoms with Crippen molar-refractivity contribution in [2.75, 3.05) is 17.2 Å². The minimum atomic E-state index is 0.821. The summed E-state index contributed by atoms with van der Waals surface area (Å²) >= 11 is 2.33. The van der Waals surface area contributed by atoms with E-state index in [1.54, 1.807) is 0 Å². The van der Waals surface area contributed by atoms with Crippen LogP contribution in [0, 0.1) is 3.57 Å². The summed E-state index contributed by atoms with van der Waals surface area (Å²) in [4.78, 5) is 2.37. The minimum Gasteiger partial charge on any atom is -0.399 e. The number of halogens is 1. The second kappa shape index (κ2) is 6.80. The van der Waals surface area contributed by atoms with E-state index in [1.807, 2.05) is 18.2 Å². The summed E-state index contributed by atoms with van der Waals surface area (Å²) < 4.78 is 1.27. The van der Waals surface area contributed by atoms with Gasteiger partial charge in [0.1, 0.15) is 0 Å². The van der Waals surface area contributed by atoms with E-state index >= 15 is 0 Å². The van der Waals surface area contributed by atoms with Gasteiger partial charge in [-0.3, -0.25) is 0 Å². The maximum atomic E-state index is 5.88. The van der Waals surface area contributed by atoms with E-state index in [4.69, 9.17) is 5.73 Å². The van der Waals surface area contributed by atoms with Crippen LogP contribution in [0.2, 0.25) is 0 Å². The highest BCUT2D eigenvalue weighted by Gasteiger charge is 2.06. The fourth-order valence-electron chi connectivity index (χ4n) is 2.10. The summed E-state index contributed by atoms with van der Waals surface area (Å²) in [6, 6.07) is 16.8. The van der Waals surface area contributed by atoms with Crippen LogP contribution in [-0.2, 0) is 6.54 Å². The van der Waals surface area contributed by atoms with E-state index in [1.165, 1.54) is 14.8 Å². The third-order valence-electron chi connectivity index (χ3n) is 3.02. The van der Waals surface area contributed by atoms with Crippen molar-refractivity contribution in [3.63, 3.8) is 0 Å². The van der Waals surface area contributed by atoms with Gasteiger partial charge in [-0.2, -0.15) is 0 Å². The summed E-state index contributed by atoms with van der Waals surface area (Å²) in [5, 5.41) is 0. The fourth-order valence-corrected chi connectivity index (χ4v) is 2.46. The molecule has 2 rings (SSSR count). The zero-order chi connectivity index (χ0) is 13.7. The molecule has 0 radical (unpaired) electrons. The molecule has 2 N–H and O–H groups in total. The second-order valence-corrected chi connectivity index (χ2v) is 5.89. The van der Waals surface area contributed by atoms with Crippen LogP contribution in [0.15, 0.2) is 48.5 Å². The van der Waals surface area contributed by atoms with Gasteiger partial charge >= 0.3 is 0 Å². The minimum absolute atomic E-state index is 0.821. The Labute approximate surface area is 128 Å². The molecule has 0 atom stereocenters. The number of rotatable bonds is 5. The zero-order valence-corrected chi connectivity index (χ0v) is 13.3. The predicted octanol–water partition coefficient (Wildman–Crippen LogP) is 4.29. The van der Waals surface area contributed by atoms with Crippen molar-refractivity contribution in [2.45, 2.75) is 19.9 Å². The van der Waals surface area contributed by atoms with Gasteiger partial charge in [-0.05, 0) is 64.9 Å². The second-order valence-electron chi connectivity index (χ2n) is 4.64. The summed E-state index contributed by atoms with van der Waals surface area (Å²) in [5.74, 6) is 0. The first-order valence-corrected chi connectivity index (χ1v) is 7.62. The highest BCUT2D eigenvalue weighted by molar-refractivity contribution is 14.1. The molecule has 0 bridgehead atoms. The molecule has 0 saturated heterocycles. The Bertz CT molecular complexity index is 523. The number of nitrogen functional groups attached to an aromatic ring is 1. The Hall–Kier alpha value is -1.23. The molecule has 0 aliphatic rings. The number of hydrogen-bond donors (Lipinski definition) is 1. The molecular weight excluding hydrogens is 347 g/mol. The third-order valence-corrected chi connectivity index (χ3v) is 3.73. The molecule has 0 aromatic heterocycles. The monoisotopic (exact) mass is 366 g/mol. The topological polar surface area (TPSA) is 29.3 Å². The van der Waals surface area contributed by atoms with E-state index < -0.39 is 0 Å². The van der Waals surface area contributed by atoms with Crippen LogP contribution in [0.4, 0.5) is 11.4 Å². The molecule has 0 aliphatic carbocycles. The number of hydrogen-bond acceptors (Lipinski definition) is 2. The summed E-state index contributed by atoms with van der Waals surface area (Å²) in [7, 11) is 0. The van der Waals surface area contributed by atoms with Gasteiger partial charge in [0.05, 0.1) is 0 Å². The van der Waals surface area contributed by atoms with Gasteiger partial charge in [0.2, 0.25) is 0 Å². The molecular formula is C16H19IN2. The van der Waals surface area contributed by atoms with Gasteiger partial charge in [0.15, 0.2) is 0 Å². The van der Waals surface area contributed by atoms with E-state index in [9.17, 15) is 0 Å². The Kier molecular flexibility index (Phi) is 5.07. The van der Waals surface area contributed by atoms with Crippen LogP contribution >= 0.6 is 22.6 Å². The lowest BCUT2D eigenvalue weighted by Gasteiger charge is -2.24. The largest absolute Gasteiger partial charge is 0.399 e. The lowest BCUT2D eigenvalue weighted by molar-refractivity contribution is 0.767. The first-order chi connectivity index (χ1) is 9.19. The first-order valence-electron chi connectivity index (χ1n) is 6.54. The Morgan fingerprint density at radius 3 is 2.47 bits per heavy atom. The molecule has 2 aromatic carbocycles. The highest BCUT2D eigenvalue weighted by atomic mass is 127. The van der Waals surface area contributed by atoms with E-state index in [2.05, 4.69) is 64.7 Å². The quantitative estimate of drug-likeness (QED) is 0.632. The standard InChI is InChI=1S/C16H19IN2/c1-2-10-19(16-5-3-4-15(18)11-16)12-13-6-8-14(17)9-7-13/h3-9,11H,2,10,12,18H2,1H3. The van der Waals surface area contributed by atoms with Gasteiger partial charge in [-0.15, -0.1) is 0 Å². The Morgan fingerprint density at radius 1 is 1.11 bits per heavy atom. The average molecular weight is 366 g/mol. The van der Waals surface area contributed by atoms with Crippen LogP contribution in [0.3, 0.4) is 0 Å². The smallest absolute Gasteiger partial charge is 0.0429 e. The zero-order valence-electron chi connectivity index (χ0n) is 11.1. The summed E-state index contributed by atoms with van der Waals surface area (Å²) in [5.41, 5.74) is 9.22. The molecule has 0 fully saturated rings. The molecule has 0 spiro atoms. The molecule has 0 saturated carbocycles. The molecule has 0 aliphatic heterocycles. The van der Waals surface area contributed by atoms with Gasteiger partial charge in [0, 0.05) is 28.0 Å². The van der Waals surface area contributed by atoms with Crippen molar-refractivity contribution in [2.24, 2.45) is 0 Å². The maximum Gasteiger partial charge on any atom is 0.0429 e. The molecule has 2 nitrogen and oxygen atoms in total. The van der Waals surface area contributed by atoms with Gasteiger partial charge in [-0.25, -0.2) is 0 Å². The molecule has 0 amide bonds. The number of nitrogens with zero attached hydrogens (tertiary/aromatic N) is 1. The maximum absolute atomic E-state index is 5.88. The van der Waals surface area contributed by atoms with Crippen LogP contribution < -0.4 is 10.6 Å². The third kappa shape index (κ3) is 4.13. The van der Waals surface area contributed by atoms with Crippen molar-refractivity contribution in [3.05, 3.63) is 57.7 Å². The number of anilines is 2. The van der Waals surface area contributed by atoms with Crippen molar-refractivity contribution in [3.8, 4) is 0 Å². The lowest BCUT2D eigenvalue weighted by Crippen LogP contribution is -2.23. The van der Waals surface area contributed by atoms with Gasteiger partial charge in [0.25, 0.3) is 0 Å². The molecule has 0 unspecified atom stereocenters. The fraction of sp³-hybridized carbons (Fsp3) is 0.250. The van der Waals surface area contributed by atoms with E-state index in [0.29, 0.717) is 0 Å². The number of nitrogens with two attached hydrogens (primary N) is 1. The highest BCUT2D eigenvalue weighted by Crippen LogP contribution is 2.20. The Morgan fingerprint density at radius 2 is 1.84 bits per heavy atom. The van der Waals surface area contributed by atoms with Crippen LogP contribution in [0.5, 0.6) is 0 Å². The van der Waals surface area contributed by atoms with Crippen LogP contribution in [0.25, 0.3) is 0 Å². The van der Waals surface area contributed by atoms with E-state index in [0.717, 1.165) is 25.2 Å². The lowest BCUT2D eigenvalue weighted by atomic mass is 10.2. The molecule has 100 valence electrons. The molecule has 3 heteroatoms. The van der Waals surface area contributed by atoms with Gasteiger partial charge in [-0.1, -0.05) is 25.1 Å². The van der Waals surface area contributed by atoms with Crippen molar-refractivity contribution in [1.29, 1.82) is 0 Å². The average Bonchev–Trinajstić information content (AvgIpc) is 2.41. The van der Waals surface area contributed by atoms with Crippen molar-refractivity contribution in [1.82, 2.24) is 0 Å². The SMILES string of the molecule is CCCN(Cc1ccc(I)cc1)c1cccc(N)c1. The molecule has 19 heavy (non-hydrogen) atoms. The Balaban J connectivity index is 2.18. The van der Waals surface area contributed by atoms with Gasteiger partial charge < -0.3 is 10.6 Å². The van der Waals surface area contributed by atoms with Crippen LogP contribution in [-0.4, -0.2) is 6.54 Å². The number of benzene rings is 2. The summed E-state index contributed by atoms with van der Waals surface area (Å²) in [6.07, 6.45) is 1.12. The van der Waals surface area contributed by atoms with E-state index in [-0.39, 0.29) is 0 Å². The van der Waals surface area contributed by atoms with Crippen molar-refractivity contribution >= 4 is 34.0 Å². The summed E-state index contributed by atoms with van der Waals surface area (Å²) in [6.45, 7) is 4.16. The predicted molar refractivity (Wildman–Crippen MR) is 91.4 cm³/mol. The molecule has 2 aromatic rings. The van der Waals surface area contributed by atoms with Crippen LogP contribution in [0.1, 0.15) is 18.9 Å². The first kappa shape index (κ1) is 14.2. The molecule has 0 heterocycles. The normalized spacial score (nSPS) is 10.4.